The number of hydrogen-bond donors (Lipinski definition) is 2. The van der Waals surface area contributed by atoms with Gasteiger partial charge in [-0.2, -0.15) is 0 Å². The van der Waals surface area contributed by atoms with Crippen molar-refractivity contribution in [2.24, 2.45) is 5.92 Å². The van der Waals surface area contributed by atoms with E-state index < -0.39 is 22.7 Å². The topological polar surface area (TPSA) is 77.4 Å². The third-order valence-corrected chi connectivity index (χ3v) is 21.4. The highest BCUT2D eigenvalue weighted by Gasteiger charge is 2.53. The average Bonchev–Trinajstić information content (AvgIpc) is 3.25. The lowest BCUT2D eigenvalue weighted by molar-refractivity contribution is 0.116. The molecule has 6 aromatic carbocycles. The zero-order valence-corrected chi connectivity index (χ0v) is 37.8. The normalized spacial score (nSPS) is 13.3. The van der Waals surface area contributed by atoms with E-state index in [0.717, 1.165) is 15.9 Å². The zero-order chi connectivity index (χ0) is 42.3. The number of aliphatic hydroxyl groups excluding tert-OH is 2. The molecule has 0 heterocycles. The van der Waals surface area contributed by atoms with Crippen LogP contribution in [-0.4, -0.2) is 47.7 Å². The summed E-state index contributed by atoms with van der Waals surface area (Å²) in [6.07, 6.45) is 0.0369. The minimum Gasteiger partial charge on any atom is -0.531 e. The Bertz CT molecular complexity index is 2160. The smallest absolute Gasteiger partial charge is 0.320 e. The lowest BCUT2D eigenvalue weighted by Gasteiger charge is -2.43. The molecule has 0 aromatic heterocycles. The van der Waals surface area contributed by atoms with Crippen LogP contribution in [0.2, 0.25) is 10.1 Å². The molecule has 0 radical (unpaired) electrons. The van der Waals surface area contributed by atoms with Gasteiger partial charge in [0.05, 0.1) is 20.3 Å². The Morgan fingerprint density at radius 3 is 1.22 bits per heavy atom. The van der Waals surface area contributed by atoms with Crippen molar-refractivity contribution < 1.29 is 28.5 Å². The van der Waals surface area contributed by atoms with Crippen molar-refractivity contribution in [1.29, 1.82) is 0 Å². The summed E-state index contributed by atoms with van der Waals surface area (Å²) in [6.45, 7) is 13.4. The summed E-state index contributed by atoms with van der Waals surface area (Å²) in [7, 11) is -2.51. The molecule has 1 unspecified atom stereocenters. The molecule has 0 amide bonds. The molecule has 0 saturated heterocycles. The van der Waals surface area contributed by atoms with E-state index in [1.807, 2.05) is 60.7 Å². The molecule has 8 heteroatoms. The van der Waals surface area contributed by atoms with Gasteiger partial charge in [-0.25, -0.2) is 0 Å². The lowest BCUT2D eigenvalue weighted by Crippen LogP contribution is -2.68. The Kier molecular flexibility index (Phi) is 13.6. The summed E-state index contributed by atoms with van der Waals surface area (Å²) in [4.78, 5) is 0. The first kappa shape index (κ1) is 43.5. The fourth-order valence-electron chi connectivity index (χ4n) is 8.54. The second-order valence-corrected chi connectivity index (χ2v) is 25.9. The van der Waals surface area contributed by atoms with Gasteiger partial charge in [-0.1, -0.05) is 175 Å². The lowest BCUT2D eigenvalue weighted by atomic mass is 9.91. The molecule has 0 saturated carbocycles. The van der Waals surface area contributed by atoms with Gasteiger partial charge in [0, 0.05) is 6.61 Å². The molecule has 6 rings (SSSR count). The highest BCUT2D eigenvalue weighted by atomic mass is 28.4. The van der Waals surface area contributed by atoms with Gasteiger partial charge in [0.2, 0.25) is 0 Å². The van der Waals surface area contributed by atoms with E-state index in [4.69, 9.17) is 18.3 Å². The van der Waals surface area contributed by atoms with Gasteiger partial charge in [0.25, 0.3) is 0 Å². The quantitative estimate of drug-likeness (QED) is 0.0951. The molecule has 0 bridgehead atoms. The monoisotopic (exact) mass is 824 g/mol. The minimum atomic E-state index is -2.92. The number of rotatable bonds is 16. The fraction of sp³-hybridized carbons (Fsp3) is 0.294. The summed E-state index contributed by atoms with van der Waals surface area (Å²) in [6, 6.07) is 53.8. The number of benzene rings is 6. The summed E-state index contributed by atoms with van der Waals surface area (Å²) in [5.74, 6) is 2.27. The average molecular weight is 825 g/mol. The molecule has 0 fully saturated rings. The van der Waals surface area contributed by atoms with Gasteiger partial charge < -0.3 is 28.5 Å². The number of ether oxygens (including phenoxy) is 2. The molecule has 59 heavy (non-hydrogen) atoms. The van der Waals surface area contributed by atoms with Crippen LogP contribution >= 0.6 is 0 Å². The zero-order valence-electron chi connectivity index (χ0n) is 35.8. The van der Waals surface area contributed by atoms with Gasteiger partial charge in [-0.15, -0.1) is 0 Å². The Hall–Kier alpha value is -5.13. The van der Waals surface area contributed by atoms with E-state index in [1.165, 1.54) is 10.4 Å². The second-order valence-electron chi connectivity index (χ2n) is 17.4. The molecular formula is C51H60O6Si2. The Morgan fingerprint density at radius 1 is 0.492 bits per heavy atom. The van der Waals surface area contributed by atoms with Crippen LogP contribution in [0.5, 0.6) is 23.0 Å². The molecular weight excluding hydrogens is 765 g/mol. The van der Waals surface area contributed by atoms with Crippen LogP contribution in [0.25, 0.3) is 0 Å². The van der Waals surface area contributed by atoms with Crippen LogP contribution < -0.4 is 39.1 Å². The third kappa shape index (κ3) is 9.06. The Morgan fingerprint density at radius 2 is 0.864 bits per heavy atom. The van der Waals surface area contributed by atoms with Crippen molar-refractivity contribution in [3.8, 4) is 23.0 Å². The summed E-state index contributed by atoms with van der Waals surface area (Å²) in [5.41, 5.74) is 1.68. The fourth-order valence-corrected chi connectivity index (χ4v) is 17.4. The maximum Gasteiger partial charge on any atom is 0.320 e. The molecule has 0 aliphatic rings. The van der Waals surface area contributed by atoms with Crippen molar-refractivity contribution in [3.63, 3.8) is 0 Å². The second kappa shape index (κ2) is 18.4. The highest BCUT2D eigenvalue weighted by Crippen LogP contribution is 2.43. The first-order chi connectivity index (χ1) is 28.3. The molecule has 6 aromatic rings. The molecule has 0 aliphatic carbocycles. The van der Waals surface area contributed by atoms with E-state index in [0.29, 0.717) is 41.4 Å². The Labute approximate surface area is 353 Å². The first-order valence-electron chi connectivity index (χ1n) is 20.5. The molecule has 2 atom stereocenters. The van der Waals surface area contributed by atoms with Gasteiger partial charge in [-0.3, -0.25) is 0 Å². The summed E-state index contributed by atoms with van der Waals surface area (Å²) in [5, 5.41) is 26.5. The molecule has 308 valence electrons. The predicted molar refractivity (Wildman–Crippen MR) is 246 cm³/mol. The summed E-state index contributed by atoms with van der Waals surface area (Å²) >= 11 is 0. The van der Waals surface area contributed by atoms with E-state index in [-0.39, 0.29) is 22.6 Å². The third-order valence-electron chi connectivity index (χ3n) is 11.5. The van der Waals surface area contributed by atoms with Crippen molar-refractivity contribution in [2.45, 2.75) is 70.6 Å². The SMILES string of the molecule is COc1cc(C[C@H](CO)CC(O)c2ccc(O[Si](c3ccccc3)(c3ccccc3)C(C)(C)C)c(OC)c2)ccc1O[Si](c1ccccc1)(c1ccccc1)C(C)(C)C. The molecule has 0 spiro atoms. The van der Waals surface area contributed by atoms with E-state index >= 15 is 0 Å². The minimum absolute atomic E-state index is 0.0914. The van der Waals surface area contributed by atoms with Crippen LogP contribution in [0.15, 0.2) is 158 Å². The Balaban J connectivity index is 1.25. The van der Waals surface area contributed by atoms with Crippen LogP contribution in [0.1, 0.15) is 65.2 Å². The maximum absolute atomic E-state index is 11.7. The van der Waals surface area contributed by atoms with Crippen molar-refractivity contribution in [3.05, 3.63) is 169 Å². The van der Waals surface area contributed by atoms with Gasteiger partial charge in [0.15, 0.2) is 11.5 Å². The van der Waals surface area contributed by atoms with Crippen LogP contribution in [0.4, 0.5) is 0 Å². The van der Waals surface area contributed by atoms with Crippen LogP contribution in [0, 0.1) is 5.92 Å². The highest BCUT2D eigenvalue weighted by molar-refractivity contribution is 7.00. The first-order valence-corrected chi connectivity index (χ1v) is 24.3. The predicted octanol–water partition coefficient (Wildman–Crippen LogP) is 8.86. The van der Waals surface area contributed by atoms with E-state index in [2.05, 4.69) is 139 Å². The van der Waals surface area contributed by atoms with E-state index in [9.17, 15) is 10.2 Å². The largest absolute Gasteiger partial charge is 0.531 e. The van der Waals surface area contributed by atoms with Gasteiger partial charge >= 0.3 is 16.6 Å². The number of hydrogen-bond acceptors (Lipinski definition) is 6. The van der Waals surface area contributed by atoms with Crippen molar-refractivity contribution in [2.75, 3.05) is 20.8 Å². The van der Waals surface area contributed by atoms with Crippen molar-refractivity contribution >= 4 is 37.4 Å². The molecule has 0 aliphatic heterocycles. The van der Waals surface area contributed by atoms with E-state index in [1.54, 1.807) is 14.2 Å². The van der Waals surface area contributed by atoms with Crippen LogP contribution in [0.3, 0.4) is 0 Å². The standard InChI is InChI=1S/C51H60O6Si2/c1-50(2,3)58(41-21-13-9-14-22-41,42-23-15-10-16-24-42)56-46-31-29-38(35-48(46)54-7)33-39(37-52)34-45(53)40-30-32-47(49(36-40)55-8)57-59(51(4,5)6,43-25-17-11-18-26-43)44-27-19-12-20-28-44/h9-32,35-36,39,45,52-53H,33-34,37H2,1-8H3/t39-,45?/m0/s1. The maximum atomic E-state index is 11.7. The summed E-state index contributed by atoms with van der Waals surface area (Å²) < 4.78 is 26.5. The number of aliphatic hydroxyl groups is 2. The van der Waals surface area contributed by atoms with Gasteiger partial charge in [-0.05, 0) is 85.0 Å². The van der Waals surface area contributed by atoms with Crippen molar-refractivity contribution in [1.82, 2.24) is 0 Å². The molecule has 2 N–H and O–H groups in total. The van der Waals surface area contributed by atoms with Gasteiger partial charge in [0.1, 0.15) is 11.5 Å². The molecule has 6 nitrogen and oxygen atoms in total. The number of methoxy groups -OCH3 is 2. The van der Waals surface area contributed by atoms with Crippen LogP contribution in [-0.2, 0) is 6.42 Å².